The van der Waals surface area contributed by atoms with Crippen molar-refractivity contribution in [3.05, 3.63) is 252 Å². The van der Waals surface area contributed by atoms with E-state index in [1.165, 1.54) is 270 Å². The molecule has 0 aliphatic heterocycles. The fourth-order valence-electron chi connectivity index (χ4n) is 18.4. The Morgan fingerprint density at radius 1 is 0.141 bits per heavy atom. The fourth-order valence-corrected chi connectivity index (χ4v) is 18.4. The zero-order valence-corrected chi connectivity index (χ0v) is 84.9. The Balaban J connectivity index is 0.919. The Morgan fingerprint density at radius 3 is 0.474 bits per heavy atom. The molecule has 0 aromatic heterocycles. The summed E-state index contributed by atoms with van der Waals surface area (Å²) in [4.78, 5) is 0. The summed E-state index contributed by atoms with van der Waals surface area (Å²) in [7, 11) is 0. The quantitative estimate of drug-likeness (QED) is 0.0346. The third-order valence-corrected chi connectivity index (χ3v) is 26.7. The van der Waals surface area contributed by atoms with Crippen LogP contribution < -0.4 is 28.4 Å². The van der Waals surface area contributed by atoms with Crippen LogP contribution in [-0.2, 0) is 53.9 Å². The Morgan fingerprint density at radius 2 is 0.296 bits per heavy atom. The van der Waals surface area contributed by atoms with Crippen LogP contribution in [-0.4, -0.2) is 39.6 Å². The predicted octanol–water partition coefficient (Wildman–Crippen LogP) is 38.0. The van der Waals surface area contributed by atoms with Gasteiger partial charge in [-0.3, -0.25) is 0 Å². The van der Waals surface area contributed by atoms with Gasteiger partial charge in [-0.25, -0.2) is 0 Å². The second-order valence-corrected chi connectivity index (χ2v) is 38.3. The van der Waals surface area contributed by atoms with Gasteiger partial charge in [-0.05, 0) is 230 Å². The molecule has 0 heterocycles. The molecule has 10 aromatic carbocycles. The average molecular weight is 1830 g/mol. The molecule has 732 valence electrons. The Bertz CT molecular complexity index is 4200. The molecule has 9 nitrogen and oxygen atoms in total. The van der Waals surface area contributed by atoms with Crippen molar-refractivity contribution < 1.29 is 42.6 Å². The molecule has 0 radical (unpaired) electrons. The lowest BCUT2D eigenvalue weighted by Crippen LogP contribution is -2.03. The van der Waals surface area contributed by atoms with Crippen LogP contribution in [0.2, 0.25) is 0 Å². The smallest absolute Gasteiger partial charge is 0.119 e. The molecule has 0 saturated carbocycles. The summed E-state index contributed by atoms with van der Waals surface area (Å²) >= 11 is 0. The van der Waals surface area contributed by atoms with Gasteiger partial charge < -0.3 is 42.6 Å². The van der Waals surface area contributed by atoms with Gasteiger partial charge in [-0.1, -0.05) is 439 Å². The first-order chi connectivity index (χ1) is 66.8. The molecule has 10 rings (SSSR count). The number of hydrogen-bond donors (Lipinski definition) is 0. The van der Waals surface area contributed by atoms with Crippen LogP contribution in [0.15, 0.2) is 218 Å². The molecule has 0 aliphatic rings. The molecule has 0 N–H and O–H groups in total. The first-order valence-corrected chi connectivity index (χ1v) is 54.4. The van der Waals surface area contributed by atoms with Crippen molar-refractivity contribution in [2.24, 2.45) is 0 Å². The van der Waals surface area contributed by atoms with Crippen molar-refractivity contribution in [3.8, 4) is 101 Å². The lowest BCUT2D eigenvalue weighted by molar-refractivity contribution is 0.0996. The normalized spacial score (nSPS) is 11.4. The topological polar surface area (TPSA) is 83.1 Å². The standard InChI is InChI=1S/C126H174O9/c1-7-13-19-25-31-37-43-49-85-130-118-70-55-106(56-71-118)112-67-82-124(109-61-76-121(77-62-109)133-88-52-46-40-34-28-22-16-10-4)115(94-112)100-127-97-103-91-104(98-128-101-116-95-113(107-57-72-119(73-58-107)131-86-50-44-38-32-26-20-14-8-2)68-83-125(116)110-63-78-122(79-64-110)134-89-53-47-41-35-29-23-17-11-5)93-105(92-103)99-129-102-117-96-114(108-59-74-120(75-60-108)132-87-51-45-39-33-27-21-15-9-3)69-84-126(117)111-65-80-123(81-66-111)135-90-54-48-42-36-30-24-18-12-6/h55-84,91-96H,7-54,85-90,97-102H2,1-6H3. The van der Waals surface area contributed by atoms with Crippen LogP contribution in [0.3, 0.4) is 0 Å². The molecule has 10 aromatic rings. The van der Waals surface area contributed by atoms with Gasteiger partial charge in [-0.2, -0.15) is 0 Å². The fraction of sp³-hybridized carbons (Fsp3) is 0.524. The van der Waals surface area contributed by atoms with Gasteiger partial charge in [0.2, 0.25) is 0 Å². The highest BCUT2D eigenvalue weighted by Crippen LogP contribution is 2.38. The van der Waals surface area contributed by atoms with Crippen LogP contribution >= 0.6 is 0 Å². The SMILES string of the molecule is CCCCCCCCCCOc1ccc(-c2ccc(-c3ccc(OCCCCCCCCCC)cc3)c(COCc3cc(COCc4cc(-c5ccc(OCCCCCCCCCC)cc5)ccc4-c4ccc(OCCCCCCCCCC)cc4)cc(COCc4cc(-c5ccc(OCCCCCCCCCC)cc5)ccc4-c4ccc(OCCCCCCCCCC)cc4)c3)c2)cc1. The van der Waals surface area contributed by atoms with E-state index in [0.29, 0.717) is 39.6 Å². The monoisotopic (exact) mass is 1830 g/mol. The van der Waals surface area contributed by atoms with E-state index in [1.54, 1.807) is 0 Å². The summed E-state index contributed by atoms with van der Waals surface area (Å²) in [5, 5.41) is 0. The van der Waals surface area contributed by atoms with E-state index in [9.17, 15) is 0 Å². The van der Waals surface area contributed by atoms with Crippen LogP contribution in [0, 0.1) is 0 Å². The summed E-state index contributed by atoms with van der Waals surface area (Å²) in [5.41, 5.74) is 20.0. The number of unbranched alkanes of at least 4 members (excludes halogenated alkanes) is 42. The van der Waals surface area contributed by atoms with E-state index in [4.69, 9.17) is 42.6 Å². The summed E-state index contributed by atoms with van der Waals surface area (Å²) in [6.45, 7) is 20.3. The van der Waals surface area contributed by atoms with Gasteiger partial charge in [0.1, 0.15) is 34.5 Å². The van der Waals surface area contributed by atoms with E-state index in [-0.39, 0.29) is 0 Å². The zero-order valence-electron chi connectivity index (χ0n) is 84.9. The number of hydrogen-bond acceptors (Lipinski definition) is 9. The molecule has 0 spiro atoms. The second-order valence-electron chi connectivity index (χ2n) is 38.3. The van der Waals surface area contributed by atoms with Crippen LogP contribution in [0.4, 0.5) is 0 Å². The molecule has 0 bridgehead atoms. The summed E-state index contributed by atoms with van der Waals surface area (Å²) in [6, 6.07) is 79.4. The van der Waals surface area contributed by atoms with Gasteiger partial charge in [-0.15, -0.1) is 0 Å². The summed E-state index contributed by atoms with van der Waals surface area (Å²) in [6.07, 6.45) is 61.0. The lowest BCUT2D eigenvalue weighted by Gasteiger charge is -2.17. The minimum atomic E-state index is 0.364. The van der Waals surface area contributed by atoms with Gasteiger partial charge >= 0.3 is 0 Å². The first-order valence-electron chi connectivity index (χ1n) is 54.4. The molecule has 0 unspecified atom stereocenters. The van der Waals surface area contributed by atoms with Crippen LogP contribution in [0.5, 0.6) is 34.5 Å². The molecule has 0 saturated heterocycles. The van der Waals surface area contributed by atoms with Crippen LogP contribution in [0.1, 0.15) is 383 Å². The van der Waals surface area contributed by atoms with Crippen molar-refractivity contribution in [2.45, 2.75) is 389 Å². The van der Waals surface area contributed by atoms with E-state index < -0.39 is 0 Å². The van der Waals surface area contributed by atoms with Crippen LogP contribution in [0.25, 0.3) is 66.8 Å². The van der Waals surface area contributed by atoms with Crippen molar-refractivity contribution in [1.29, 1.82) is 0 Å². The highest BCUT2D eigenvalue weighted by atomic mass is 16.5. The Kier molecular flexibility index (Phi) is 54.4. The van der Waals surface area contributed by atoms with Crippen molar-refractivity contribution in [3.63, 3.8) is 0 Å². The van der Waals surface area contributed by atoms with E-state index in [0.717, 1.165) is 213 Å². The Hall–Kier alpha value is -9.12. The number of benzene rings is 10. The third-order valence-electron chi connectivity index (χ3n) is 26.7. The lowest BCUT2D eigenvalue weighted by atomic mass is 9.95. The minimum Gasteiger partial charge on any atom is -0.494 e. The zero-order chi connectivity index (χ0) is 94.1. The largest absolute Gasteiger partial charge is 0.494 e. The second kappa shape index (κ2) is 68.0. The number of rotatable bonds is 78. The first kappa shape index (κ1) is 108. The molecule has 9 heteroatoms. The molecular weight excluding hydrogens is 1660 g/mol. The maximum Gasteiger partial charge on any atom is 0.119 e. The molecular formula is C126H174O9. The molecule has 0 amide bonds. The Labute approximate surface area is 819 Å². The van der Waals surface area contributed by atoms with E-state index in [2.05, 4.69) is 260 Å². The maximum atomic E-state index is 7.08. The molecule has 0 fully saturated rings. The highest BCUT2D eigenvalue weighted by Gasteiger charge is 2.17. The van der Waals surface area contributed by atoms with Gasteiger partial charge in [0, 0.05) is 0 Å². The summed E-state index contributed by atoms with van der Waals surface area (Å²) in [5.74, 6) is 5.44. The minimum absolute atomic E-state index is 0.364. The van der Waals surface area contributed by atoms with Crippen molar-refractivity contribution >= 4 is 0 Å². The maximum absolute atomic E-state index is 7.08. The van der Waals surface area contributed by atoms with E-state index >= 15 is 0 Å². The number of ether oxygens (including phenoxy) is 9. The average Bonchev–Trinajstić information content (AvgIpc) is 0.814. The summed E-state index contributed by atoms with van der Waals surface area (Å²) < 4.78 is 59.4. The predicted molar refractivity (Wildman–Crippen MR) is 572 cm³/mol. The third kappa shape index (κ3) is 42.8. The van der Waals surface area contributed by atoms with Gasteiger partial charge in [0.05, 0.1) is 79.3 Å². The van der Waals surface area contributed by atoms with Crippen molar-refractivity contribution in [1.82, 2.24) is 0 Å². The molecule has 0 aliphatic carbocycles. The van der Waals surface area contributed by atoms with Gasteiger partial charge in [0.25, 0.3) is 0 Å². The van der Waals surface area contributed by atoms with Gasteiger partial charge in [0.15, 0.2) is 0 Å². The van der Waals surface area contributed by atoms with Crippen molar-refractivity contribution in [2.75, 3.05) is 39.6 Å². The molecule has 135 heavy (non-hydrogen) atoms. The van der Waals surface area contributed by atoms with E-state index in [1.807, 2.05) is 0 Å². The highest BCUT2D eigenvalue weighted by molar-refractivity contribution is 5.77. The molecule has 0 atom stereocenters.